The number of ether oxygens (including phenoxy) is 8. The Morgan fingerprint density at radius 3 is 1.13 bits per heavy atom. The maximum Gasteiger partial charge on any atom is 0.308 e. The maximum absolute atomic E-state index is 11.5. The smallest absolute Gasteiger partial charge is 0.308 e. The van der Waals surface area contributed by atoms with E-state index >= 15 is 0 Å². The molecule has 0 spiro atoms. The highest BCUT2D eigenvalue weighted by Gasteiger charge is 2.15. The molecule has 0 N–H and O–H groups in total. The van der Waals surface area contributed by atoms with Crippen LogP contribution in [0.5, 0.6) is 0 Å². The second-order valence-electron chi connectivity index (χ2n) is 7.21. The minimum atomic E-state index is -0.460. The molecule has 9 heteroatoms. The first kappa shape index (κ1) is 29.2. The first-order valence-corrected chi connectivity index (χ1v) is 10.7. The number of esters is 1. The molecular formula is C21H42O9. The standard InChI is InChI=1S/C21H42O9/c1-5-23-8-9-25-12-13-27-16-17-29-19-18-28-15-14-26-11-10-24-7-6-20(22)30-21(2,3)4/h5-19H2,1-4H3. The van der Waals surface area contributed by atoms with Gasteiger partial charge in [0.1, 0.15) is 5.60 Å². The molecule has 0 heterocycles. The normalized spacial score (nSPS) is 11.7. The van der Waals surface area contributed by atoms with Crippen LogP contribution in [0, 0.1) is 0 Å². The Balaban J connectivity index is 3.11. The van der Waals surface area contributed by atoms with Crippen LogP contribution >= 0.6 is 0 Å². The average molecular weight is 439 g/mol. The van der Waals surface area contributed by atoms with Crippen molar-refractivity contribution in [3.8, 4) is 0 Å². The largest absolute Gasteiger partial charge is 0.460 e. The topological polar surface area (TPSA) is 90.9 Å². The summed E-state index contributed by atoms with van der Waals surface area (Å²) < 4.78 is 42.6. The van der Waals surface area contributed by atoms with Crippen molar-refractivity contribution in [1.82, 2.24) is 0 Å². The fourth-order valence-electron chi connectivity index (χ4n) is 2.01. The molecule has 30 heavy (non-hydrogen) atoms. The van der Waals surface area contributed by atoms with Crippen molar-refractivity contribution in [2.24, 2.45) is 0 Å². The molecule has 180 valence electrons. The molecular weight excluding hydrogens is 396 g/mol. The van der Waals surface area contributed by atoms with Gasteiger partial charge in [0.05, 0.1) is 92.3 Å². The lowest BCUT2D eigenvalue weighted by atomic mass is 10.2. The van der Waals surface area contributed by atoms with Crippen LogP contribution in [0.2, 0.25) is 0 Å². The summed E-state index contributed by atoms with van der Waals surface area (Å²) in [6, 6.07) is 0. The van der Waals surface area contributed by atoms with Gasteiger partial charge in [-0.2, -0.15) is 0 Å². The summed E-state index contributed by atoms with van der Waals surface area (Å²) in [7, 11) is 0. The van der Waals surface area contributed by atoms with Gasteiger partial charge in [-0.25, -0.2) is 0 Å². The first-order valence-electron chi connectivity index (χ1n) is 10.7. The summed E-state index contributed by atoms with van der Waals surface area (Å²) in [5.74, 6) is -0.257. The van der Waals surface area contributed by atoms with Crippen LogP contribution in [0.15, 0.2) is 0 Å². The van der Waals surface area contributed by atoms with Crippen molar-refractivity contribution >= 4 is 5.97 Å². The van der Waals surface area contributed by atoms with Gasteiger partial charge in [0.15, 0.2) is 0 Å². The second kappa shape index (κ2) is 21.4. The number of rotatable bonds is 22. The minimum Gasteiger partial charge on any atom is -0.460 e. The van der Waals surface area contributed by atoms with Gasteiger partial charge >= 0.3 is 5.97 Å². The Bertz CT molecular complexity index is 372. The molecule has 0 fully saturated rings. The molecule has 0 aromatic rings. The van der Waals surface area contributed by atoms with Gasteiger partial charge in [-0.15, -0.1) is 0 Å². The number of carbonyl (C=O) groups excluding carboxylic acids is 1. The van der Waals surface area contributed by atoms with E-state index in [0.717, 1.165) is 0 Å². The number of carbonyl (C=O) groups is 1. The summed E-state index contributed by atoms with van der Waals surface area (Å²) in [4.78, 5) is 11.5. The third-order valence-electron chi connectivity index (χ3n) is 3.31. The molecule has 0 aromatic heterocycles. The van der Waals surface area contributed by atoms with Crippen LogP contribution in [0.1, 0.15) is 34.1 Å². The highest BCUT2D eigenvalue weighted by molar-refractivity contribution is 5.69. The van der Waals surface area contributed by atoms with Crippen molar-refractivity contribution in [2.75, 3.05) is 92.5 Å². The monoisotopic (exact) mass is 438 g/mol. The summed E-state index contributed by atoms with van der Waals surface area (Å²) in [5, 5.41) is 0. The Morgan fingerprint density at radius 1 is 0.533 bits per heavy atom. The molecule has 0 rings (SSSR count). The van der Waals surface area contributed by atoms with Crippen molar-refractivity contribution < 1.29 is 42.7 Å². The summed E-state index contributed by atoms with van der Waals surface area (Å²) in [6.07, 6.45) is 0.244. The van der Waals surface area contributed by atoms with Crippen LogP contribution in [0.4, 0.5) is 0 Å². The van der Waals surface area contributed by atoms with Crippen LogP contribution < -0.4 is 0 Å². The average Bonchev–Trinajstić information content (AvgIpc) is 2.68. The zero-order valence-electron chi connectivity index (χ0n) is 19.3. The SMILES string of the molecule is CCOCCOCCOCCOCCOCCOCCOCCC(=O)OC(C)(C)C. The van der Waals surface area contributed by atoms with Crippen LogP contribution in [0.3, 0.4) is 0 Å². The number of hydrogen-bond acceptors (Lipinski definition) is 9. The van der Waals surface area contributed by atoms with Crippen LogP contribution in [-0.2, 0) is 42.7 Å². The van der Waals surface area contributed by atoms with E-state index in [2.05, 4.69) is 0 Å². The molecule has 0 atom stereocenters. The summed E-state index contributed by atoms with van der Waals surface area (Å²) >= 11 is 0. The lowest BCUT2D eigenvalue weighted by Gasteiger charge is -2.19. The second-order valence-corrected chi connectivity index (χ2v) is 7.21. The predicted octanol–water partition coefficient (Wildman–Crippen LogP) is 1.85. The summed E-state index contributed by atoms with van der Waals surface area (Å²) in [6.45, 7) is 14.8. The van der Waals surface area contributed by atoms with Gasteiger partial charge < -0.3 is 37.9 Å². The molecule has 9 nitrogen and oxygen atoms in total. The molecule has 0 aliphatic heterocycles. The molecule has 0 unspecified atom stereocenters. The van der Waals surface area contributed by atoms with Crippen molar-refractivity contribution in [3.05, 3.63) is 0 Å². The van der Waals surface area contributed by atoms with E-state index in [9.17, 15) is 4.79 Å². The third kappa shape index (κ3) is 25.2. The highest BCUT2D eigenvalue weighted by Crippen LogP contribution is 2.07. The molecule has 0 radical (unpaired) electrons. The molecule has 0 aliphatic carbocycles. The van der Waals surface area contributed by atoms with Gasteiger partial charge in [-0.3, -0.25) is 4.79 Å². The van der Waals surface area contributed by atoms with Gasteiger partial charge in [0, 0.05) is 6.61 Å². The van der Waals surface area contributed by atoms with Crippen molar-refractivity contribution in [2.45, 2.75) is 39.7 Å². The van der Waals surface area contributed by atoms with E-state index in [0.29, 0.717) is 92.5 Å². The molecule has 0 amide bonds. The fraction of sp³-hybridized carbons (Fsp3) is 0.952. The molecule has 0 bridgehead atoms. The van der Waals surface area contributed by atoms with Crippen molar-refractivity contribution in [1.29, 1.82) is 0 Å². The highest BCUT2D eigenvalue weighted by atomic mass is 16.6. The first-order chi connectivity index (χ1) is 14.5. The van der Waals surface area contributed by atoms with Crippen LogP contribution in [-0.4, -0.2) is 104 Å². The third-order valence-corrected chi connectivity index (χ3v) is 3.31. The lowest BCUT2D eigenvalue weighted by Crippen LogP contribution is -2.24. The Kier molecular flexibility index (Phi) is 20.8. The van der Waals surface area contributed by atoms with E-state index in [1.54, 1.807) is 0 Å². The summed E-state index contributed by atoms with van der Waals surface area (Å²) in [5.41, 5.74) is -0.460. The Hall–Kier alpha value is -0.810. The minimum absolute atomic E-state index is 0.244. The molecule has 0 aromatic carbocycles. The van der Waals surface area contributed by atoms with Crippen molar-refractivity contribution in [3.63, 3.8) is 0 Å². The van der Waals surface area contributed by atoms with E-state index in [1.807, 2.05) is 27.7 Å². The van der Waals surface area contributed by atoms with E-state index in [-0.39, 0.29) is 12.4 Å². The van der Waals surface area contributed by atoms with Gasteiger partial charge in [-0.05, 0) is 27.7 Å². The molecule has 0 aliphatic rings. The maximum atomic E-state index is 11.5. The molecule has 0 saturated heterocycles. The number of hydrogen-bond donors (Lipinski definition) is 0. The Morgan fingerprint density at radius 2 is 0.833 bits per heavy atom. The van der Waals surface area contributed by atoms with Gasteiger partial charge in [-0.1, -0.05) is 0 Å². The lowest BCUT2D eigenvalue weighted by molar-refractivity contribution is -0.156. The quantitative estimate of drug-likeness (QED) is 0.185. The van der Waals surface area contributed by atoms with Gasteiger partial charge in [0.2, 0.25) is 0 Å². The fourth-order valence-corrected chi connectivity index (χ4v) is 2.01. The predicted molar refractivity (Wildman–Crippen MR) is 112 cm³/mol. The zero-order valence-corrected chi connectivity index (χ0v) is 19.3. The van der Waals surface area contributed by atoms with Crippen LogP contribution in [0.25, 0.3) is 0 Å². The Labute approximate surface area is 181 Å². The molecule has 0 saturated carbocycles. The van der Waals surface area contributed by atoms with E-state index in [4.69, 9.17) is 37.9 Å². The van der Waals surface area contributed by atoms with Gasteiger partial charge in [0.25, 0.3) is 0 Å². The van der Waals surface area contributed by atoms with E-state index < -0.39 is 5.60 Å². The zero-order chi connectivity index (χ0) is 22.3. The van der Waals surface area contributed by atoms with E-state index in [1.165, 1.54) is 0 Å².